The summed E-state index contributed by atoms with van der Waals surface area (Å²) in [6.07, 6.45) is -3.82. The van der Waals surface area contributed by atoms with Crippen molar-refractivity contribution in [2.45, 2.75) is 39.4 Å². The van der Waals surface area contributed by atoms with Gasteiger partial charge in [0.25, 0.3) is 0 Å². The number of nitrogens with one attached hydrogen (secondary N) is 2. The quantitative estimate of drug-likeness (QED) is 0.750. The summed E-state index contributed by atoms with van der Waals surface area (Å²) in [6.45, 7) is 5.57. The Morgan fingerprint density at radius 2 is 1.92 bits per heavy atom. The predicted octanol–water partition coefficient (Wildman–Crippen LogP) is 5.41. The molecule has 0 amide bonds. The van der Waals surface area contributed by atoms with Crippen LogP contribution in [0.15, 0.2) is 24.3 Å². The molecule has 0 aliphatic carbocycles. The standard InChI is InChI=1S/C16H18ClF3N4/c1-4-10(3)21-15-23-13(16(18,19)20)8-14(24-15)22-11-5-6-12(17)9(2)7-11/h5-8,10H,4H2,1-3H3,(H2,21,22,23,24)/t10-/m1/s1. The summed E-state index contributed by atoms with van der Waals surface area (Å²) in [4.78, 5) is 7.67. The molecular weight excluding hydrogens is 341 g/mol. The number of rotatable bonds is 5. The van der Waals surface area contributed by atoms with Crippen LogP contribution in [0.1, 0.15) is 31.5 Å². The molecule has 0 spiro atoms. The SMILES string of the molecule is CC[C@@H](C)Nc1nc(Nc2ccc(Cl)c(C)c2)cc(C(F)(F)F)n1. The van der Waals surface area contributed by atoms with Crippen LogP contribution in [-0.2, 0) is 6.18 Å². The van der Waals surface area contributed by atoms with Crippen molar-refractivity contribution in [3.63, 3.8) is 0 Å². The molecule has 1 aromatic heterocycles. The van der Waals surface area contributed by atoms with Crippen LogP contribution in [0.5, 0.6) is 0 Å². The fourth-order valence-electron chi connectivity index (χ4n) is 1.91. The number of alkyl halides is 3. The monoisotopic (exact) mass is 358 g/mol. The summed E-state index contributed by atoms with van der Waals surface area (Å²) >= 11 is 5.96. The largest absolute Gasteiger partial charge is 0.433 e. The van der Waals surface area contributed by atoms with Crippen molar-refractivity contribution >= 4 is 29.1 Å². The van der Waals surface area contributed by atoms with Crippen LogP contribution in [-0.4, -0.2) is 16.0 Å². The molecule has 1 heterocycles. The highest BCUT2D eigenvalue weighted by atomic mass is 35.5. The predicted molar refractivity (Wildman–Crippen MR) is 89.9 cm³/mol. The lowest BCUT2D eigenvalue weighted by Crippen LogP contribution is -2.18. The Bertz CT molecular complexity index is 719. The zero-order valence-corrected chi connectivity index (χ0v) is 14.3. The second-order valence-electron chi connectivity index (χ2n) is 5.50. The lowest BCUT2D eigenvalue weighted by Gasteiger charge is -2.15. The van der Waals surface area contributed by atoms with Gasteiger partial charge in [0, 0.05) is 22.8 Å². The fraction of sp³-hybridized carbons (Fsp3) is 0.375. The van der Waals surface area contributed by atoms with E-state index < -0.39 is 11.9 Å². The molecule has 8 heteroatoms. The van der Waals surface area contributed by atoms with Gasteiger partial charge in [0.05, 0.1) is 0 Å². The molecule has 2 rings (SSSR count). The van der Waals surface area contributed by atoms with E-state index in [9.17, 15) is 13.2 Å². The smallest absolute Gasteiger partial charge is 0.352 e. The van der Waals surface area contributed by atoms with E-state index in [1.165, 1.54) is 0 Å². The number of aryl methyl sites for hydroxylation is 1. The van der Waals surface area contributed by atoms with Gasteiger partial charge in [-0.1, -0.05) is 18.5 Å². The Balaban J connectivity index is 2.36. The molecule has 130 valence electrons. The minimum atomic E-state index is -4.55. The molecule has 0 aliphatic rings. The molecule has 0 saturated carbocycles. The average molecular weight is 359 g/mol. The molecule has 0 fully saturated rings. The maximum atomic E-state index is 13.1. The van der Waals surface area contributed by atoms with E-state index >= 15 is 0 Å². The van der Waals surface area contributed by atoms with Crippen LogP contribution in [0.25, 0.3) is 0 Å². The Morgan fingerprint density at radius 1 is 1.21 bits per heavy atom. The average Bonchev–Trinajstić information content (AvgIpc) is 2.49. The molecular formula is C16H18ClF3N4. The van der Waals surface area contributed by atoms with Crippen molar-refractivity contribution in [3.05, 3.63) is 40.5 Å². The molecule has 0 bridgehead atoms. The van der Waals surface area contributed by atoms with Gasteiger partial charge in [-0.15, -0.1) is 0 Å². The van der Waals surface area contributed by atoms with Crippen LogP contribution in [0.2, 0.25) is 5.02 Å². The molecule has 24 heavy (non-hydrogen) atoms. The third kappa shape index (κ3) is 4.74. The maximum absolute atomic E-state index is 13.1. The Hall–Kier alpha value is -2.02. The van der Waals surface area contributed by atoms with Crippen molar-refractivity contribution in [3.8, 4) is 0 Å². The molecule has 2 aromatic rings. The van der Waals surface area contributed by atoms with Gasteiger partial charge < -0.3 is 10.6 Å². The van der Waals surface area contributed by atoms with Crippen LogP contribution in [0.3, 0.4) is 0 Å². The second kappa shape index (κ2) is 7.25. The highest BCUT2D eigenvalue weighted by Gasteiger charge is 2.33. The van der Waals surface area contributed by atoms with E-state index in [1.807, 2.05) is 20.8 Å². The molecule has 0 saturated heterocycles. The Kier molecular flexibility index (Phi) is 5.54. The van der Waals surface area contributed by atoms with Crippen LogP contribution < -0.4 is 10.6 Å². The van der Waals surface area contributed by atoms with Gasteiger partial charge in [-0.05, 0) is 44.0 Å². The number of nitrogens with zero attached hydrogens (tertiary/aromatic N) is 2. The fourth-order valence-corrected chi connectivity index (χ4v) is 2.03. The summed E-state index contributed by atoms with van der Waals surface area (Å²) < 4.78 is 39.2. The van der Waals surface area contributed by atoms with Crippen LogP contribution >= 0.6 is 11.6 Å². The van der Waals surface area contributed by atoms with Gasteiger partial charge >= 0.3 is 6.18 Å². The number of halogens is 4. The van der Waals surface area contributed by atoms with Crippen molar-refractivity contribution in [2.75, 3.05) is 10.6 Å². The summed E-state index contributed by atoms with van der Waals surface area (Å²) in [5.41, 5.74) is 0.402. The topological polar surface area (TPSA) is 49.8 Å². The van der Waals surface area contributed by atoms with E-state index in [4.69, 9.17) is 11.6 Å². The van der Waals surface area contributed by atoms with Crippen molar-refractivity contribution in [2.24, 2.45) is 0 Å². The van der Waals surface area contributed by atoms with Gasteiger partial charge in [0.1, 0.15) is 5.82 Å². The number of anilines is 3. The molecule has 0 aliphatic heterocycles. The lowest BCUT2D eigenvalue weighted by atomic mass is 10.2. The first-order valence-electron chi connectivity index (χ1n) is 7.45. The lowest BCUT2D eigenvalue weighted by molar-refractivity contribution is -0.141. The minimum Gasteiger partial charge on any atom is -0.352 e. The zero-order valence-electron chi connectivity index (χ0n) is 13.5. The van der Waals surface area contributed by atoms with Crippen molar-refractivity contribution < 1.29 is 13.2 Å². The maximum Gasteiger partial charge on any atom is 0.433 e. The van der Waals surface area contributed by atoms with E-state index in [1.54, 1.807) is 18.2 Å². The third-order valence-electron chi connectivity index (χ3n) is 3.43. The number of aromatic nitrogens is 2. The van der Waals surface area contributed by atoms with Crippen molar-refractivity contribution in [1.29, 1.82) is 0 Å². The number of benzene rings is 1. The van der Waals surface area contributed by atoms with Gasteiger partial charge in [-0.2, -0.15) is 18.2 Å². The molecule has 0 radical (unpaired) electrons. The summed E-state index contributed by atoms with van der Waals surface area (Å²) in [5.74, 6) is -0.00258. The van der Waals surface area contributed by atoms with Crippen molar-refractivity contribution in [1.82, 2.24) is 9.97 Å². The normalized spacial score (nSPS) is 12.8. The molecule has 4 nitrogen and oxygen atoms in total. The number of hydrogen-bond donors (Lipinski definition) is 2. The van der Waals surface area contributed by atoms with Crippen LogP contribution in [0, 0.1) is 6.92 Å². The first-order chi connectivity index (χ1) is 11.2. The Morgan fingerprint density at radius 3 is 2.50 bits per heavy atom. The van der Waals surface area contributed by atoms with Gasteiger partial charge in [0.2, 0.25) is 5.95 Å². The van der Waals surface area contributed by atoms with E-state index in [0.717, 1.165) is 18.1 Å². The Labute approximate surface area is 143 Å². The molecule has 0 unspecified atom stereocenters. The highest BCUT2D eigenvalue weighted by molar-refractivity contribution is 6.31. The number of hydrogen-bond acceptors (Lipinski definition) is 4. The highest BCUT2D eigenvalue weighted by Crippen LogP contribution is 2.31. The first kappa shape index (κ1) is 18.3. The third-order valence-corrected chi connectivity index (χ3v) is 3.86. The van der Waals surface area contributed by atoms with E-state index in [-0.39, 0.29) is 17.8 Å². The molecule has 2 N–H and O–H groups in total. The second-order valence-corrected chi connectivity index (χ2v) is 5.91. The van der Waals surface area contributed by atoms with Gasteiger partial charge in [-0.25, -0.2) is 4.98 Å². The molecule has 1 atom stereocenters. The van der Waals surface area contributed by atoms with Crippen LogP contribution in [0.4, 0.5) is 30.6 Å². The van der Waals surface area contributed by atoms with E-state index in [0.29, 0.717) is 10.7 Å². The van der Waals surface area contributed by atoms with E-state index in [2.05, 4.69) is 20.6 Å². The van der Waals surface area contributed by atoms with Gasteiger partial charge in [0.15, 0.2) is 5.69 Å². The van der Waals surface area contributed by atoms with Gasteiger partial charge in [-0.3, -0.25) is 0 Å². The zero-order chi connectivity index (χ0) is 17.9. The summed E-state index contributed by atoms with van der Waals surface area (Å²) in [7, 11) is 0. The summed E-state index contributed by atoms with van der Waals surface area (Å²) in [6, 6.07) is 5.92. The minimum absolute atomic E-state index is 0.0425. The summed E-state index contributed by atoms with van der Waals surface area (Å²) in [5, 5.41) is 6.32. The molecule has 1 aromatic carbocycles. The first-order valence-corrected chi connectivity index (χ1v) is 7.83.